The Hall–Kier alpha value is -1.49. The molecular weight excluding hydrogens is 428 g/mol. The van der Waals surface area contributed by atoms with E-state index >= 15 is 0 Å². The van der Waals surface area contributed by atoms with Crippen molar-refractivity contribution in [3.8, 4) is 0 Å². The summed E-state index contributed by atoms with van der Waals surface area (Å²) in [6.45, 7) is 7.33. The van der Waals surface area contributed by atoms with E-state index in [2.05, 4.69) is 36.7 Å². The third-order valence-electron chi connectivity index (χ3n) is 6.66. The van der Waals surface area contributed by atoms with Gasteiger partial charge in [-0.25, -0.2) is 4.99 Å². The number of amides is 1. The summed E-state index contributed by atoms with van der Waals surface area (Å²) >= 11 is 3.39. The zero-order valence-electron chi connectivity index (χ0n) is 17.9. The number of ketones is 1. The van der Waals surface area contributed by atoms with Crippen LogP contribution >= 0.6 is 15.9 Å². The second-order valence-corrected chi connectivity index (χ2v) is 9.65. The highest BCUT2D eigenvalue weighted by Crippen LogP contribution is 2.43. The number of hydrogen-bond acceptors (Lipinski definition) is 3. The van der Waals surface area contributed by atoms with Crippen LogP contribution in [-0.4, -0.2) is 33.4 Å². The lowest BCUT2D eigenvalue weighted by molar-refractivity contribution is -0.129. The molecule has 158 valence electrons. The van der Waals surface area contributed by atoms with Crippen molar-refractivity contribution in [2.75, 3.05) is 6.54 Å². The van der Waals surface area contributed by atoms with Crippen LogP contribution in [0.2, 0.25) is 0 Å². The number of hydrogen-bond donors (Lipinski definition) is 0. The number of benzene rings is 1. The summed E-state index contributed by atoms with van der Waals surface area (Å²) in [5, 5.41) is 0. The fraction of sp³-hybridized carbons (Fsp3) is 0.625. The molecule has 2 aliphatic rings. The quantitative estimate of drug-likeness (QED) is 0.461. The van der Waals surface area contributed by atoms with Crippen molar-refractivity contribution in [3.05, 3.63) is 35.4 Å². The van der Waals surface area contributed by atoms with E-state index in [1.807, 2.05) is 29.2 Å². The highest BCUT2D eigenvalue weighted by Gasteiger charge is 2.48. The van der Waals surface area contributed by atoms with Crippen LogP contribution in [0.25, 0.3) is 0 Å². The molecule has 1 heterocycles. The van der Waals surface area contributed by atoms with Crippen molar-refractivity contribution in [1.29, 1.82) is 0 Å². The van der Waals surface area contributed by atoms with Crippen LogP contribution in [0.1, 0.15) is 81.6 Å². The lowest BCUT2D eigenvalue weighted by Gasteiger charge is -2.42. The molecule has 0 unspecified atom stereocenters. The molecule has 1 aromatic carbocycles. The highest BCUT2D eigenvalue weighted by atomic mass is 79.9. The van der Waals surface area contributed by atoms with Crippen LogP contribution in [0, 0.1) is 11.8 Å². The first kappa shape index (κ1) is 22.2. The van der Waals surface area contributed by atoms with Gasteiger partial charge in [0.15, 0.2) is 10.4 Å². The summed E-state index contributed by atoms with van der Waals surface area (Å²) in [5.74, 6) is 1.64. The fourth-order valence-electron chi connectivity index (χ4n) is 4.63. The van der Waals surface area contributed by atoms with E-state index in [-0.39, 0.29) is 17.4 Å². The summed E-state index contributed by atoms with van der Waals surface area (Å²) < 4.78 is 0.470. The van der Waals surface area contributed by atoms with Gasteiger partial charge in [0.05, 0.1) is 0 Å². The Kier molecular flexibility index (Phi) is 7.31. The lowest BCUT2D eigenvalue weighted by Crippen LogP contribution is -2.50. The molecule has 4 nitrogen and oxygen atoms in total. The van der Waals surface area contributed by atoms with Gasteiger partial charge >= 0.3 is 0 Å². The number of carbonyl (C=O) groups is 2. The molecule has 0 saturated heterocycles. The van der Waals surface area contributed by atoms with Crippen LogP contribution in [0.3, 0.4) is 0 Å². The van der Waals surface area contributed by atoms with Crippen molar-refractivity contribution < 1.29 is 9.59 Å². The van der Waals surface area contributed by atoms with Gasteiger partial charge in [0.2, 0.25) is 0 Å². The summed E-state index contributed by atoms with van der Waals surface area (Å²) in [6, 6.07) is 7.90. The normalized spacial score (nSPS) is 24.4. The van der Waals surface area contributed by atoms with Gasteiger partial charge in [-0.2, -0.15) is 0 Å². The van der Waals surface area contributed by atoms with E-state index in [1.54, 1.807) is 0 Å². The summed E-state index contributed by atoms with van der Waals surface area (Å²) in [7, 11) is 0. The van der Waals surface area contributed by atoms with Crippen LogP contribution in [0.5, 0.6) is 0 Å². The van der Waals surface area contributed by atoms with Gasteiger partial charge in [0.1, 0.15) is 5.66 Å². The fourth-order valence-corrected chi connectivity index (χ4v) is 5.18. The number of aliphatic imine (C=N–C) groups is 1. The minimum atomic E-state index is -0.364. The van der Waals surface area contributed by atoms with E-state index in [0.29, 0.717) is 23.5 Å². The molecule has 0 atom stereocenters. The average molecular weight is 461 g/mol. The zero-order valence-corrected chi connectivity index (χ0v) is 19.5. The molecule has 1 spiro atoms. The lowest BCUT2D eigenvalue weighted by atomic mass is 9.76. The highest BCUT2D eigenvalue weighted by molar-refractivity contribution is 9.19. The molecule has 1 aliphatic carbocycles. The van der Waals surface area contributed by atoms with Gasteiger partial charge < -0.3 is 4.90 Å². The maximum atomic E-state index is 12.8. The Morgan fingerprint density at radius 2 is 1.90 bits per heavy atom. The standard InChI is InChI=1S/C24H33BrN2O2/c1-4-5-6-21(28)20-9-7-18(8-10-20)13-16-27-23(29)22(25)26-24(27)14-11-19(12-15-24)17(2)3/h7-10,17,19H,4-6,11-16H2,1-3H3. The number of unbranched alkanes of at least 4 members (excludes halogenated alkanes) is 1. The van der Waals surface area contributed by atoms with Crippen molar-refractivity contribution in [1.82, 2.24) is 4.90 Å². The summed E-state index contributed by atoms with van der Waals surface area (Å²) in [4.78, 5) is 31.7. The molecule has 1 saturated carbocycles. The summed E-state index contributed by atoms with van der Waals surface area (Å²) in [6.07, 6.45) is 7.50. The van der Waals surface area contributed by atoms with Gasteiger partial charge in [0.25, 0.3) is 5.91 Å². The SMILES string of the molecule is CCCCC(=O)c1ccc(CCN2C(=O)C(Br)=NC23CCC(C(C)C)CC3)cc1. The van der Waals surface area contributed by atoms with Crippen molar-refractivity contribution >= 4 is 32.2 Å². The van der Waals surface area contributed by atoms with E-state index in [1.165, 1.54) is 0 Å². The molecule has 0 radical (unpaired) electrons. The first-order valence-corrected chi connectivity index (χ1v) is 11.8. The first-order chi connectivity index (χ1) is 13.9. The van der Waals surface area contributed by atoms with Gasteiger partial charge in [-0.15, -0.1) is 0 Å². The molecule has 1 aromatic rings. The predicted molar refractivity (Wildman–Crippen MR) is 122 cm³/mol. The van der Waals surface area contributed by atoms with Crippen LogP contribution in [0.4, 0.5) is 0 Å². The zero-order chi connectivity index (χ0) is 21.0. The van der Waals surface area contributed by atoms with E-state index < -0.39 is 0 Å². The molecule has 0 aromatic heterocycles. The Morgan fingerprint density at radius 1 is 1.24 bits per heavy atom. The molecule has 1 amide bonds. The Bertz CT molecular complexity index is 762. The van der Waals surface area contributed by atoms with Gasteiger partial charge in [-0.3, -0.25) is 9.59 Å². The first-order valence-electron chi connectivity index (χ1n) is 11.1. The third-order valence-corrected chi connectivity index (χ3v) is 7.18. The largest absolute Gasteiger partial charge is 0.312 e. The Balaban J connectivity index is 1.63. The summed E-state index contributed by atoms with van der Waals surface area (Å²) in [5.41, 5.74) is 1.57. The minimum Gasteiger partial charge on any atom is -0.312 e. The van der Waals surface area contributed by atoms with Crippen molar-refractivity contribution in [3.63, 3.8) is 0 Å². The second kappa shape index (κ2) is 9.55. The smallest absolute Gasteiger partial charge is 0.281 e. The monoisotopic (exact) mass is 460 g/mol. The van der Waals surface area contributed by atoms with Crippen LogP contribution < -0.4 is 0 Å². The Morgan fingerprint density at radius 3 is 2.48 bits per heavy atom. The number of carbonyl (C=O) groups excluding carboxylic acids is 2. The number of rotatable bonds is 8. The molecule has 3 rings (SSSR count). The van der Waals surface area contributed by atoms with E-state index in [0.717, 1.165) is 62.0 Å². The van der Waals surface area contributed by atoms with Crippen LogP contribution in [-0.2, 0) is 11.2 Å². The van der Waals surface area contributed by atoms with Crippen LogP contribution in [0.15, 0.2) is 29.3 Å². The molecule has 1 aliphatic heterocycles. The van der Waals surface area contributed by atoms with E-state index in [9.17, 15) is 9.59 Å². The average Bonchev–Trinajstić information content (AvgIpc) is 2.94. The van der Waals surface area contributed by atoms with Gasteiger partial charge in [-0.1, -0.05) is 51.5 Å². The maximum absolute atomic E-state index is 12.8. The van der Waals surface area contributed by atoms with Gasteiger partial charge in [-0.05, 0) is 71.9 Å². The topological polar surface area (TPSA) is 49.7 Å². The van der Waals surface area contributed by atoms with Crippen molar-refractivity contribution in [2.24, 2.45) is 16.8 Å². The number of halogens is 1. The van der Waals surface area contributed by atoms with Crippen molar-refractivity contribution in [2.45, 2.75) is 77.8 Å². The van der Waals surface area contributed by atoms with Gasteiger partial charge in [0, 0.05) is 18.5 Å². The molecule has 1 fully saturated rings. The third kappa shape index (κ3) is 4.99. The minimum absolute atomic E-state index is 0.0133. The number of nitrogens with zero attached hydrogens (tertiary/aromatic N) is 2. The Labute approximate surface area is 183 Å². The predicted octanol–water partition coefficient (Wildman–Crippen LogP) is 5.78. The number of Topliss-reactive ketones (excluding diaryl/α,β-unsaturated/α-hetero) is 1. The maximum Gasteiger partial charge on any atom is 0.281 e. The molecule has 5 heteroatoms. The molecule has 0 bridgehead atoms. The second-order valence-electron chi connectivity index (χ2n) is 8.90. The molecule has 0 N–H and O–H groups in total. The molecular formula is C24H33BrN2O2. The van der Waals surface area contributed by atoms with E-state index in [4.69, 9.17) is 4.99 Å². The molecule has 29 heavy (non-hydrogen) atoms.